The van der Waals surface area contributed by atoms with E-state index in [4.69, 9.17) is 0 Å². The van der Waals surface area contributed by atoms with Crippen molar-refractivity contribution in [3.8, 4) is 0 Å². The number of carbonyl (C=O) groups excluding carboxylic acids is 1. The third-order valence-corrected chi connectivity index (χ3v) is 4.45. The molecule has 0 aliphatic carbocycles. The number of rotatable bonds is 5. The lowest BCUT2D eigenvalue weighted by molar-refractivity contribution is -0.129. The van der Waals surface area contributed by atoms with Crippen molar-refractivity contribution in [3.63, 3.8) is 0 Å². The Bertz CT molecular complexity index is 548. The maximum Gasteiger partial charge on any atom is 0.236 e. The van der Waals surface area contributed by atoms with Gasteiger partial charge in [0.25, 0.3) is 0 Å². The summed E-state index contributed by atoms with van der Waals surface area (Å²) in [4.78, 5) is 24.8. The number of aromatic nitrogens is 2. The number of nitrogens with zero attached hydrogens (tertiary/aromatic N) is 4. The number of nitrogens with one attached hydrogen (secondary N) is 1. The van der Waals surface area contributed by atoms with Crippen LogP contribution in [0.15, 0.2) is 6.07 Å². The van der Waals surface area contributed by atoms with Crippen LogP contribution in [0.1, 0.15) is 25.2 Å². The van der Waals surface area contributed by atoms with Crippen molar-refractivity contribution < 1.29 is 4.79 Å². The van der Waals surface area contributed by atoms with Crippen LogP contribution in [0.25, 0.3) is 0 Å². The molecule has 2 atom stereocenters. The van der Waals surface area contributed by atoms with Crippen LogP contribution < -0.4 is 5.32 Å². The fourth-order valence-electron chi connectivity index (χ4n) is 3.16. The summed E-state index contributed by atoms with van der Waals surface area (Å²) in [5, 5.41) is 3.50. The molecule has 6 nitrogen and oxygen atoms in total. The van der Waals surface area contributed by atoms with Crippen molar-refractivity contribution in [1.82, 2.24) is 19.8 Å². The first-order chi connectivity index (χ1) is 10.8. The van der Waals surface area contributed by atoms with Gasteiger partial charge in [-0.3, -0.25) is 9.69 Å². The van der Waals surface area contributed by atoms with Crippen LogP contribution >= 0.6 is 24.8 Å². The summed E-state index contributed by atoms with van der Waals surface area (Å²) in [5.74, 6) is 1.86. The largest absolute Gasteiger partial charge is 0.350 e. The maximum absolute atomic E-state index is 12.0. The van der Waals surface area contributed by atoms with Crippen molar-refractivity contribution in [3.05, 3.63) is 17.5 Å². The van der Waals surface area contributed by atoms with Crippen LogP contribution in [0.5, 0.6) is 0 Å². The number of aryl methyl sites for hydroxylation is 2. The number of carbonyl (C=O) groups is 1. The fraction of sp³-hybridized carbons (Fsp3) is 0.706. The standard InChI is InChI=1S/C17H29N5O.2ClH/c1-11(2)14-8-22(10-16(23)21(5)6)9-15(14)20-17-18-12(3)7-13(4)19-17;;/h7,11,14-15H,8-10H2,1-6H3,(H,18,19,20);2*1H/t14-,15+;;/m1../s1. The quantitative estimate of drug-likeness (QED) is 0.834. The lowest BCUT2D eigenvalue weighted by atomic mass is 9.91. The summed E-state index contributed by atoms with van der Waals surface area (Å²) >= 11 is 0. The molecule has 1 aromatic rings. The average molecular weight is 392 g/mol. The molecule has 0 bridgehead atoms. The van der Waals surface area contributed by atoms with E-state index in [1.807, 2.05) is 19.9 Å². The minimum absolute atomic E-state index is 0. The number of anilines is 1. The first kappa shape index (κ1) is 23.9. The van der Waals surface area contributed by atoms with Crippen LogP contribution in [-0.4, -0.2) is 65.4 Å². The van der Waals surface area contributed by atoms with Gasteiger partial charge in [0.2, 0.25) is 11.9 Å². The zero-order valence-corrected chi connectivity index (χ0v) is 17.6. The van der Waals surface area contributed by atoms with Crippen LogP contribution in [0, 0.1) is 25.7 Å². The molecule has 1 aliphatic heterocycles. The molecule has 1 N–H and O–H groups in total. The van der Waals surface area contributed by atoms with Gasteiger partial charge in [0.1, 0.15) is 0 Å². The molecule has 1 aromatic heterocycles. The molecule has 1 saturated heterocycles. The number of halogens is 2. The number of amides is 1. The second kappa shape index (κ2) is 10.1. The van der Waals surface area contributed by atoms with Crippen LogP contribution in [-0.2, 0) is 4.79 Å². The Labute approximate surface area is 163 Å². The Kier molecular flexibility index (Phi) is 9.69. The van der Waals surface area contributed by atoms with E-state index < -0.39 is 0 Å². The van der Waals surface area contributed by atoms with E-state index in [-0.39, 0.29) is 36.8 Å². The molecule has 1 aliphatic rings. The van der Waals surface area contributed by atoms with E-state index in [1.165, 1.54) is 0 Å². The van der Waals surface area contributed by atoms with Gasteiger partial charge in [-0.15, -0.1) is 24.8 Å². The van der Waals surface area contributed by atoms with Gasteiger partial charge >= 0.3 is 0 Å². The molecule has 0 saturated carbocycles. The zero-order valence-electron chi connectivity index (χ0n) is 15.9. The molecular formula is C17H31Cl2N5O. The van der Waals surface area contributed by atoms with Crippen molar-refractivity contribution in [2.24, 2.45) is 11.8 Å². The van der Waals surface area contributed by atoms with Gasteiger partial charge in [0.05, 0.1) is 6.54 Å². The Morgan fingerprint density at radius 2 is 1.80 bits per heavy atom. The third kappa shape index (κ3) is 6.60. The monoisotopic (exact) mass is 391 g/mol. The zero-order chi connectivity index (χ0) is 17.1. The van der Waals surface area contributed by atoms with Crippen molar-refractivity contribution in [1.29, 1.82) is 0 Å². The average Bonchev–Trinajstić information content (AvgIpc) is 2.80. The smallest absolute Gasteiger partial charge is 0.236 e. The molecule has 0 unspecified atom stereocenters. The molecule has 2 rings (SSSR count). The van der Waals surface area contributed by atoms with Gasteiger partial charge in [-0.1, -0.05) is 13.8 Å². The Hall–Kier alpha value is -1.11. The maximum atomic E-state index is 12.0. The summed E-state index contributed by atoms with van der Waals surface area (Å²) in [6, 6.07) is 2.24. The third-order valence-electron chi connectivity index (χ3n) is 4.45. The van der Waals surface area contributed by atoms with E-state index in [0.29, 0.717) is 24.3 Å². The molecule has 0 radical (unpaired) electrons. The highest BCUT2D eigenvalue weighted by atomic mass is 35.5. The first-order valence-corrected chi connectivity index (χ1v) is 8.27. The van der Waals surface area contributed by atoms with E-state index in [0.717, 1.165) is 24.5 Å². The molecule has 144 valence electrons. The molecule has 2 heterocycles. The number of likely N-dealkylation sites (tertiary alicyclic amines) is 1. The van der Waals surface area contributed by atoms with E-state index in [2.05, 4.69) is 34.0 Å². The van der Waals surface area contributed by atoms with Crippen LogP contribution in [0.2, 0.25) is 0 Å². The van der Waals surface area contributed by atoms with E-state index in [1.54, 1.807) is 19.0 Å². The summed E-state index contributed by atoms with van der Waals surface area (Å²) in [7, 11) is 3.61. The molecule has 25 heavy (non-hydrogen) atoms. The van der Waals surface area contributed by atoms with Gasteiger partial charge in [-0.25, -0.2) is 9.97 Å². The Balaban J connectivity index is 0.00000288. The van der Waals surface area contributed by atoms with Crippen LogP contribution in [0.3, 0.4) is 0 Å². The molecular weight excluding hydrogens is 361 g/mol. The number of likely N-dealkylation sites (N-methyl/N-ethyl adjacent to an activating group) is 1. The van der Waals surface area contributed by atoms with Gasteiger partial charge in [-0.2, -0.15) is 0 Å². The Morgan fingerprint density at radius 1 is 1.24 bits per heavy atom. The highest BCUT2D eigenvalue weighted by Gasteiger charge is 2.35. The van der Waals surface area contributed by atoms with Crippen molar-refractivity contribution >= 4 is 36.7 Å². The first-order valence-electron chi connectivity index (χ1n) is 8.27. The lowest BCUT2D eigenvalue weighted by Gasteiger charge is -2.23. The topological polar surface area (TPSA) is 61.4 Å². The molecule has 8 heteroatoms. The summed E-state index contributed by atoms with van der Waals surface area (Å²) in [5.41, 5.74) is 1.94. The van der Waals surface area contributed by atoms with Gasteiger partial charge in [0, 0.05) is 44.6 Å². The highest BCUT2D eigenvalue weighted by Crippen LogP contribution is 2.26. The second-order valence-corrected chi connectivity index (χ2v) is 7.12. The predicted molar refractivity (Wildman–Crippen MR) is 107 cm³/mol. The minimum Gasteiger partial charge on any atom is -0.350 e. The number of hydrogen-bond acceptors (Lipinski definition) is 5. The SMILES string of the molecule is Cc1cc(C)nc(N[C@H]2CN(CC(=O)N(C)C)C[C@@H]2C(C)C)n1.Cl.Cl. The summed E-state index contributed by atoms with van der Waals surface area (Å²) < 4.78 is 0. The van der Waals surface area contributed by atoms with Crippen LogP contribution in [0.4, 0.5) is 5.95 Å². The minimum atomic E-state index is 0. The summed E-state index contributed by atoms with van der Waals surface area (Å²) in [6.45, 7) is 10.7. The normalized spacial score (nSPS) is 20.0. The predicted octanol–water partition coefficient (Wildman–Crippen LogP) is 2.39. The Morgan fingerprint density at radius 3 is 2.28 bits per heavy atom. The van der Waals surface area contributed by atoms with Gasteiger partial charge in [0.15, 0.2) is 0 Å². The summed E-state index contributed by atoms with van der Waals surface area (Å²) in [6.07, 6.45) is 0. The van der Waals surface area contributed by atoms with Crippen molar-refractivity contribution in [2.45, 2.75) is 33.7 Å². The van der Waals surface area contributed by atoms with Gasteiger partial charge in [-0.05, 0) is 31.7 Å². The van der Waals surface area contributed by atoms with Gasteiger partial charge < -0.3 is 10.2 Å². The lowest BCUT2D eigenvalue weighted by Crippen LogP contribution is -2.36. The molecule has 0 aromatic carbocycles. The molecule has 0 spiro atoms. The van der Waals surface area contributed by atoms with Crippen molar-refractivity contribution in [2.75, 3.05) is 39.0 Å². The number of hydrogen-bond donors (Lipinski definition) is 1. The second-order valence-electron chi connectivity index (χ2n) is 7.12. The van der Waals surface area contributed by atoms with E-state index >= 15 is 0 Å². The molecule has 1 amide bonds. The highest BCUT2D eigenvalue weighted by molar-refractivity contribution is 5.85. The molecule has 1 fully saturated rings. The fourth-order valence-corrected chi connectivity index (χ4v) is 3.16. The van der Waals surface area contributed by atoms with E-state index in [9.17, 15) is 4.79 Å².